The van der Waals surface area contributed by atoms with Crippen molar-refractivity contribution in [3.63, 3.8) is 0 Å². The lowest BCUT2D eigenvalue weighted by atomic mass is 9.86. The van der Waals surface area contributed by atoms with Crippen LogP contribution in [0.15, 0.2) is 24.3 Å². The van der Waals surface area contributed by atoms with Crippen LogP contribution in [0, 0.1) is 0 Å². The molecule has 0 aliphatic carbocycles. The van der Waals surface area contributed by atoms with Gasteiger partial charge in [-0.1, -0.05) is 23.7 Å². The second-order valence-corrected chi connectivity index (χ2v) is 7.27. The Morgan fingerprint density at radius 3 is 2.30 bits per heavy atom. The molecule has 0 aromatic heterocycles. The van der Waals surface area contributed by atoms with Gasteiger partial charge < -0.3 is 10.4 Å². The summed E-state index contributed by atoms with van der Waals surface area (Å²) in [7, 11) is 0. The fourth-order valence-corrected chi connectivity index (χ4v) is 2.29. The molecule has 5 heteroatoms. The van der Waals surface area contributed by atoms with E-state index < -0.39 is 11.1 Å². The summed E-state index contributed by atoms with van der Waals surface area (Å²) in [5.41, 5.74) is -0.497. The summed E-state index contributed by atoms with van der Waals surface area (Å²) in [5.74, 6) is 1.05. The molecule has 2 N–H and O–H groups in total. The Kier molecular flexibility index (Phi) is 5.92. The van der Waals surface area contributed by atoms with E-state index in [0.29, 0.717) is 10.8 Å². The number of rotatable bonds is 6. The average molecular weight is 316 g/mol. The van der Waals surface area contributed by atoms with Crippen molar-refractivity contribution in [3.8, 4) is 0 Å². The first-order chi connectivity index (χ1) is 9.12. The fraction of sp³-hybridized carbons (Fsp3) is 0.533. The highest BCUT2D eigenvalue weighted by molar-refractivity contribution is 7.99. The minimum absolute atomic E-state index is 0.0731. The molecule has 3 nitrogen and oxygen atoms in total. The van der Waals surface area contributed by atoms with E-state index in [-0.39, 0.29) is 5.91 Å². The molecule has 112 valence electrons. The van der Waals surface area contributed by atoms with Crippen LogP contribution in [0.2, 0.25) is 5.02 Å². The molecule has 1 aromatic rings. The van der Waals surface area contributed by atoms with Gasteiger partial charge in [0.05, 0.1) is 16.9 Å². The van der Waals surface area contributed by atoms with Crippen LogP contribution in [-0.2, 0) is 10.5 Å². The van der Waals surface area contributed by atoms with Gasteiger partial charge in [0.2, 0.25) is 5.91 Å². The molecular formula is C15H22ClNO2S. The Hall–Kier alpha value is -0.710. The van der Waals surface area contributed by atoms with E-state index >= 15 is 0 Å². The first-order valence-corrected chi connectivity index (χ1v) is 8.01. The molecule has 0 aliphatic rings. The van der Waals surface area contributed by atoms with Crippen molar-refractivity contribution in [2.75, 3.05) is 5.75 Å². The van der Waals surface area contributed by atoms with Crippen LogP contribution >= 0.6 is 23.4 Å². The summed E-state index contributed by atoms with van der Waals surface area (Å²) in [6.45, 7) is 7.01. The molecule has 0 fully saturated rings. The van der Waals surface area contributed by atoms with Crippen LogP contribution in [0.25, 0.3) is 0 Å². The molecule has 0 saturated carbocycles. The maximum Gasteiger partial charge on any atom is 0.230 e. The second-order valence-electron chi connectivity index (χ2n) is 5.85. The largest absolute Gasteiger partial charge is 0.388 e. The van der Waals surface area contributed by atoms with Crippen LogP contribution in [0.5, 0.6) is 0 Å². The quantitative estimate of drug-likeness (QED) is 0.847. The Morgan fingerprint density at radius 1 is 1.25 bits per heavy atom. The van der Waals surface area contributed by atoms with Crippen molar-refractivity contribution in [1.82, 2.24) is 5.32 Å². The minimum Gasteiger partial charge on any atom is -0.388 e. The van der Waals surface area contributed by atoms with Crippen molar-refractivity contribution in [3.05, 3.63) is 34.9 Å². The lowest BCUT2D eigenvalue weighted by Crippen LogP contribution is -2.58. The van der Waals surface area contributed by atoms with E-state index in [4.69, 9.17) is 11.6 Å². The van der Waals surface area contributed by atoms with E-state index in [2.05, 4.69) is 5.32 Å². The molecule has 0 heterocycles. The van der Waals surface area contributed by atoms with Gasteiger partial charge in [0.15, 0.2) is 0 Å². The van der Waals surface area contributed by atoms with E-state index in [9.17, 15) is 9.90 Å². The number of amides is 1. The lowest BCUT2D eigenvalue weighted by Gasteiger charge is -2.37. The Balaban J connectivity index is 2.39. The van der Waals surface area contributed by atoms with Gasteiger partial charge in [0.1, 0.15) is 0 Å². The van der Waals surface area contributed by atoms with Crippen LogP contribution in [0.3, 0.4) is 0 Å². The monoisotopic (exact) mass is 315 g/mol. The number of thioether (sulfide) groups is 1. The van der Waals surface area contributed by atoms with Crippen molar-refractivity contribution in [2.24, 2.45) is 0 Å². The third-order valence-electron chi connectivity index (χ3n) is 3.40. The van der Waals surface area contributed by atoms with Crippen molar-refractivity contribution in [2.45, 2.75) is 44.6 Å². The summed E-state index contributed by atoms with van der Waals surface area (Å²) in [5, 5.41) is 13.6. The molecule has 20 heavy (non-hydrogen) atoms. The molecule has 0 saturated heterocycles. The molecule has 1 amide bonds. The fourth-order valence-electron chi connectivity index (χ4n) is 1.38. The predicted octanol–water partition coefficient (Wildman–Crippen LogP) is 3.24. The van der Waals surface area contributed by atoms with Gasteiger partial charge >= 0.3 is 0 Å². The van der Waals surface area contributed by atoms with Crippen molar-refractivity contribution in [1.29, 1.82) is 0 Å². The highest BCUT2D eigenvalue weighted by Crippen LogP contribution is 2.21. The molecule has 1 rings (SSSR count). The summed E-state index contributed by atoms with van der Waals surface area (Å²) >= 11 is 7.35. The van der Waals surface area contributed by atoms with Crippen LogP contribution in [0.4, 0.5) is 0 Å². The molecule has 0 radical (unpaired) electrons. The number of halogens is 1. The van der Waals surface area contributed by atoms with Gasteiger partial charge in [-0.05, 0) is 45.4 Å². The molecule has 0 atom stereocenters. The van der Waals surface area contributed by atoms with Crippen LogP contribution in [-0.4, -0.2) is 27.9 Å². The number of hydrogen-bond acceptors (Lipinski definition) is 3. The van der Waals surface area contributed by atoms with E-state index in [1.165, 1.54) is 11.8 Å². The zero-order valence-electron chi connectivity index (χ0n) is 12.4. The summed E-state index contributed by atoms with van der Waals surface area (Å²) in [4.78, 5) is 11.9. The summed E-state index contributed by atoms with van der Waals surface area (Å²) < 4.78 is 0. The third kappa shape index (κ3) is 5.35. The summed E-state index contributed by atoms with van der Waals surface area (Å²) in [6, 6.07) is 7.59. The van der Waals surface area contributed by atoms with Gasteiger partial charge in [-0.3, -0.25) is 4.79 Å². The molecule has 1 aromatic carbocycles. The van der Waals surface area contributed by atoms with Crippen molar-refractivity contribution < 1.29 is 9.90 Å². The highest BCUT2D eigenvalue weighted by atomic mass is 35.5. The first-order valence-electron chi connectivity index (χ1n) is 6.47. The third-order valence-corrected chi connectivity index (χ3v) is 4.65. The number of carbonyl (C=O) groups is 1. The standard InChI is InChI=1S/C15H22ClNO2S/c1-14(2,15(3,4)19)17-13(18)10-20-9-11-5-7-12(16)8-6-11/h5-8,19H,9-10H2,1-4H3,(H,17,18). The molecule has 0 bridgehead atoms. The zero-order valence-corrected chi connectivity index (χ0v) is 13.9. The number of carbonyl (C=O) groups excluding carboxylic acids is 1. The predicted molar refractivity (Wildman–Crippen MR) is 86.1 cm³/mol. The Bertz CT molecular complexity index is 452. The first kappa shape index (κ1) is 17.3. The van der Waals surface area contributed by atoms with E-state index in [0.717, 1.165) is 11.3 Å². The normalized spacial score (nSPS) is 12.3. The molecular weight excluding hydrogens is 294 g/mol. The topological polar surface area (TPSA) is 49.3 Å². The smallest absolute Gasteiger partial charge is 0.230 e. The molecule has 0 unspecified atom stereocenters. The number of nitrogens with one attached hydrogen (secondary N) is 1. The minimum atomic E-state index is -0.969. The van der Waals surface area contributed by atoms with Gasteiger partial charge in [-0.15, -0.1) is 11.8 Å². The maximum absolute atomic E-state index is 11.9. The average Bonchev–Trinajstić information content (AvgIpc) is 2.29. The lowest BCUT2D eigenvalue weighted by molar-refractivity contribution is -0.123. The Morgan fingerprint density at radius 2 is 1.80 bits per heavy atom. The number of aliphatic hydroxyl groups is 1. The number of benzene rings is 1. The zero-order chi connectivity index (χ0) is 15.4. The number of hydrogen-bond donors (Lipinski definition) is 2. The van der Waals surface area contributed by atoms with Gasteiger partial charge in [0, 0.05) is 10.8 Å². The SMILES string of the molecule is CC(C)(O)C(C)(C)NC(=O)CSCc1ccc(Cl)cc1. The second kappa shape index (κ2) is 6.83. The van der Waals surface area contributed by atoms with Crippen LogP contribution in [0.1, 0.15) is 33.3 Å². The van der Waals surface area contributed by atoms with Crippen LogP contribution < -0.4 is 5.32 Å². The van der Waals surface area contributed by atoms with Gasteiger partial charge in [-0.25, -0.2) is 0 Å². The van der Waals surface area contributed by atoms with E-state index in [1.54, 1.807) is 13.8 Å². The molecule has 0 aliphatic heterocycles. The highest BCUT2D eigenvalue weighted by Gasteiger charge is 2.36. The molecule has 0 spiro atoms. The van der Waals surface area contributed by atoms with E-state index in [1.807, 2.05) is 38.1 Å². The maximum atomic E-state index is 11.9. The van der Waals surface area contributed by atoms with Gasteiger partial charge in [0.25, 0.3) is 0 Å². The summed E-state index contributed by atoms with van der Waals surface area (Å²) in [6.07, 6.45) is 0. The van der Waals surface area contributed by atoms with Gasteiger partial charge in [-0.2, -0.15) is 0 Å². The van der Waals surface area contributed by atoms with Crippen molar-refractivity contribution >= 4 is 29.3 Å². The Labute approximate surface area is 130 Å².